The van der Waals surface area contributed by atoms with Crippen LogP contribution in [0.4, 0.5) is 5.82 Å². The van der Waals surface area contributed by atoms with Gasteiger partial charge in [0, 0.05) is 12.1 Å². The lowest BCUT2D eigenvalue weighted by Gasteiger charge is -2.20. The molecule has 0 unspecified atom stereocenters. The second kappa shape index (κ2) is 7.63. The van der Waals surface area contributed by atoms with Crippen molar-refractivity contribution in [3.63, 3.8) is 0 Å². The first-order valence-electron chi connectivity index (χ1n) is 8.78. The number of amides is 3. The lowest BCUT2D eigenvalue weighted by molar-refractivity contribution is -0.150. The Morgan fingerprint density at radius 1 is 1.07 bits per heavy atom. The van der Waals surface area contributed by atoms with Crippen molar-refractivity contribution in [3.8, 4) is 0 Å². The predicted octanol–water partition coefficient (Wildman–Crippen LogP) is 1.63. The fourth-order valence-corrected chi connectivity index (χ4v) is 2.93. The topological polar surface area (TPSA) is 111 Å². The van der Waals surface area contributed by atoms with Gasteiger partial charge in [0.25, 0.3) is 17.7 Å². The highest BCUT2D eigenvalue weighted by molar-refractivity contribution is 6.22. The van der Waals surface area contributed by atoms with Gasteiger partial charge in [-0.15, -0.1) is 0 Å². The summed E-state index contributed by atoms with van der Waals surface area (Å²) in [4.78, 5) is 50.0. The highest BCUT2D eigenvalue weighted by Crippen LogP contribution is 2.24. The molecule has 0 radical (unpaired) electrons. The smallest absolute Gasteiger partial charge is 0.329 e. The maximum Gasteiger partial charge on any atom is 0.329 e. The molecule has 1 N–H and O–H groups in total. The summed E-state index contributed by atoms with van der Waals surface area (Å²) < 4.78 is 6.61. The fraction of sp³-hybridized carbons (Fsp3) is 0.316. The van der Waals surface area contributed by atoms with Gasteiger partial charge in [0.1, 0.15) is 11.9 Å². The molecule has 0 aliphatic carbocycles. The zero-order chi connectivity index (χ0) is 20.4. The highest BCUT2D eigenvalue weighted by Gasteiger charge is 2.41. The number of hydrogen-bond acceptors (Lipinski definition) is 6. The van der Waals surface area contributed by atoms with Gasteiger partial charge in [0.15, 0.2) is 6.61 Å². The first-order valence-corrected chi connectivity index (χ1v) is 8.78. The molecule has 1 aromatic heterocycles. The quantitative estimate of drug-likeness (QED) is 0.599. The predicted molar refractivity (Wildman–Crippen MR) is 98.6 cm³/mol. The minimum Gasteiger partial charge on any atom is -0.454 e. The number of aromatic nitrogens is 2. The summed E-state index contributed by atoms with van der Waals surface area (Å²) in [5.41, 5.74) is 0.485. The van der Waals surface area contributed by atoms with Crippen LogP contribution >= 0.6 is 0 Å². The van der Waals surface area contributed by atoms with Gasteiger partial charge in [-0.2, -0.15) is 5.10 Å². The van der Waals surface area contributed by atoms with E-state index < -0.39 is 36.3 Å². The lowest BCUT2D eigenvalue weighted by Crippen LogP contribution is -2.44. The molecule has 3 amide bonds. The van der Waals surface area contributed by atoms with Crippen molar-refractivity contribution < 1.29 is 23.9 Å². The van der Waals surface area contributed by atoms with Crippen LogP contribution in [0.5, 0.6) is 0 Å². The van der Waals surface area contributed by atoms with E-state index >= 15 is 0 Å². The van der Waals surface area contributed by atoms with Crippen molar-refractivity contribution in [2.75, 3.05) is 11.9 Å². The third-order valence-electron chi connectivity index (χ3n) is 4.33. The maximum absolute atomic E-state index is 12.4. The molecule has 1 aliphatic rings. The van der Waals surface area contributed by atoms with Gasteiger partial charge in [-0.3, -0.25) is 19.3 Å². The van der Waals surface area contributed by atoms with E-state index in [-0.39, 0.29) is 17.2 Å². The molecule has 146 valence electrons. The highest BCUT2D eigenvalue weighted by atomic mass is 16.5. The van der Waals surface area contributed by atoms with Crippen molar-refractivity contribution >= 4 is 29.5 Å². The molecule has 0 saturated carbocycles. The van der Waals surface area contributed by atoms with Gasteiger partial charge >= 0.3 is 5.97 Å². The van der Waals surface area contributed by atoms with Gasteiger partial charge in [-0.05, 0) is 32.9 Å². The van der Waals surface area contributed by atoms with Gasteiger partial charge in [-0.1, -0.05) is 12.1 Å². The van der Waals surface area contributed by atoms with Gasteiger partial charge in [-0.25, -0.2) is 9.48 Å². The summed E-state index contributed by atoms with van der Waals surface area (Å²) >= 11 is 0. The first kappa shape index (κ1) is 19.3. The van der Waals surface area contributed by atoms with E-state index in [9.17, 15) is 19.2 Å². The second-order valence-corrected chi connectivity index (χ2v) is 6.61. The summed E-state index contributed by atoms with van der Waals surface area (Å²) in [6.45, 7) is 4.66. The zero-order valence-electron chi connectivity index (χ0n) is 15.7. The summed E-state index contributed by atoms with van der Waals surface area (Å²) in [5, 5.41) is 6.70. The molecule has 2 heterocycles. The molecule has 2 aromatic rings. The molecule has 0 spiro atoms. The number of fused-ring (bicyclic) bond motifs is 1. The van der Waals surface area contributed by atoms with Gasteiger partial charge in [0.05, 0.1) is 17.3 Å². The van der Waals surface area contributed by atoms with Crippen LogP contribution in [-0.4, -0.2) is 51.0 Å². The van der Waals surface area contributed by atoms with Crippen molar-refractivity contribution in [2.24, 2.45) is 0 Å². The Bertz CT molecular complexity index is 914. The van der Waals surface area contributed by atoms with Crippen LogP contribution < -0.4 is 5.32 Å². The second-order valence-electron chi connectivity index (χ2n) is 6.61. The van der Waals surface area contributed by atoms with Crippen molar-refractivity contribution in [1.82, 2.24) is 14.7 Å². The maximum atomic E-state index is 12.4. The standard InChI is InChI=1S/C19H20N4O5/c1-11(2)23-15(8-9-20-23)21-16(24)10-28-19(27)12(3)22-17(25)13-6-4-5-7-14(13)18(22)26/h4-9,11-12H,10H2,1-3H3,(H,21,24)/t12-/m0/s1. The Morgan fingerprint density at radius 2 is 1.68 bits per heavy atom. The zero-order valence-corrected chi connectivity index (χ0v) is 15.7. The summed E-state index contributed by atoms with van der Waals surface area (Å²) in [6, 6.07) is 6.85. The number of carbonyl (C=O) groups excluding carboxylic acids is 4. The molecular weight excluding hydrogens is 364 g/mol. The minimum atomic E-state index is -1.15. The molecule has 9 heteroatoms. The van der Waals surface area contributed by atoms with Gasteiger partial charge in [0.2, 0.25) is 0 Å². The van der Waals surface area contributed by atoms with E-state index in [0.717, 1.165) is 4.90 Å². The number of anilines is 1. The Labute approximate surface area is 161 Å². The number of rotatable bonds is 6. The number of benzene rings is 1. The average Bonchev–Trinajstić information content (AvgIpc) is 3.23. The van der Waals surface area contributed by atoms with Crippen LogP contribution in [0.15, 0.2) is 36.5 Å². The molecule has 1 aromatic carbocycles. The Balaban J connectivity index is 1.59. The lowest BCUT2D eigenvalue weighted by atomic mass is 10.1. The molecule has 1 aliphatic heterocycles. The minimum absolute atomic E-state index is 0.0432. The molecule has 0 bridgehead atoms. The van der Waals surface area contributed by atoms with Gasteiger partial charge < -0.3 is 10.1 Å². The van der Waals surface area contributed by atoms with E-state index in [4.69, 9.17) is 4.74 Å². The van der Waals surface area contributed by atoms with Crippen molar-refractivity contribution in [2.45, 2.75) is 32.9 Å². The molecule has 28 heavy (non-hydrogen) atoms. The molecular formula is C19H20N4O5. The summed E-state index contributed by atoms with van der Waals surface area (Å²) in [6.07, 6.45) is 1.55. The Hall–Kier alpha value is -3.49. The van der Waals surface area contributed by atoms with E-state index in [2.05, 4.69) is 10.4 Å². The number of nitrogens with zero attached hydrogens (tertiary/aromatic N) is 3. The van der Waals surface area contributed by atoms with Crippen LogP contribution in [-0.2, 0) is 14.3 Å². The van der Waals surface area contributed by atoms with Crippen LogP contribution in [0.2, 0.25) is 0 Å². The summed E-state index contributed by atoms with van der Waals surface area (Å²) in [7, 11) is 0. The van der Waals surface area contributed by atoms with Crippen LogP contribution in [0.3, 0.4) is 0 Å². The average molecular weight is 384 g/mol. The van der Waals surface area contributed by atoms with E-state index in [1.54, 1.807) is 29.1 Å². The number of nitrogens with one attached hydrogen (secondary N) is 1. The molecule has 3 rings (SSSR count). The molecule has 0 saturated heterocycles. The Morgan fingerprint density at radius 3 is 2.25 bits per heavy atom. The number of hydrogen-bond donors (Lipinski definition) is 1. The normalized spacial score (nSPS) is 14.2. The largest absolute Gasteiger partial charge is 0.454 e. The Kier molecular flexibility index (Phi) is 5.25. The van der Waals surface area contributed by atoms with Crippen LogP contribution in [0.1, 0.15) is 47.5 Å². The van der Waals surface area contributed by atoms with E-state index in [1.165, 1.54) is 19.1 Å². The number of esters is 1. The summed E-state index contributed by atoms with van der Waals surface area (Å²) in [5.74, 6) is -2.04. The monoisotopic (exact) mass is 384 g/mol. The molecule has 0 fully saturated rings. The third kappa shape index (κ3) is 3.51. The van der Waals surface area contributed by atoms with Crippen molar-refractivity contribution in [3.05, 3.63) is 47.7 Å². The number of ether oxygens (including phenoxy) is 1. The third-order valence-corrected chi connectivity index (χ3v) is 4.33. The number of carbonyl (C=O) groups is 4. The van der Waals surface area contributed by atoms with Crippen molar-refractivity contribution in [1.29, 1.82) is 0 Å². The van der Waals surface area contributed by atoms with E-state index in [0.29, 0.717) is 5.82 Å². The first-order chi connectivity index (χ1) is 13.3. The van der Waals surface area contributed by atoms with E-state index in [1.807, 2.05) is 13.8 Å². The van der Waals surface area contributed by atoms with Crippen LogP contribution in [0.25, 0.3) is 0 Å². The fourth-order valence-electron chi connectivity index (χ4n) is 2.93. The SMILES string of the molecule is CC(C)n1nccc1NC(=O)COC(=O)[C@H](C)N1C(=O)c2ccccc2C1=O. The van der Waals surface area contributed by atoms with Crippen LogP contribution in [0, 0.1) is 0 Å². The number of imide groups is 1. The molecule has 9 nitrogen and oxygen atoms in total. The molecule has 1 atom stereocenters.